The Bertz CT molecular complexity index is 1060. The van der Waals surface area contributed by atoms with Gasteiger partial charge in [0, 0.05) is 36.0 Å². The van der Waals surface area contributed by atoms with Gasteiger partial charge in [0.25, 0.3) is 5.91 Å². The van der Waals surface area contributed by atoms with Crippen LogP contribution in [0.1, 0.15) is 53.9 Å². The fraction of sp³-hybridized carbons (Fsp3) is 0.423. The maximum absolute atomic E-state index is 12.9. The molecular weight excluding hydrogens is 440 g/mol. The second-order valence-corrected chi connectivity index (χ2v) is 9.72. The van der Waals surface area contributed by atoms with Crippen LogP contribution in [0.5, 0.6) is 5.75 Å². The van der Waals surface area contributed by atoms with Crippen molar-refractivity contribution in [3.8, 4) is 5.75 Å². The van der Waals surface area contributed by atoms with Gasteiger partial charge in [-0.25, -0.2) is 0 Å². The number of hydrogen-bond donors (Lipinski definition) is 1. The van der Waals surface area contributed by atoms with E-state index in [2.05, 4.69) is 17.4 Å². The Morgan fingerprint density at radius 2 is 1.73 bits per heavy atom. The van der Waals surface area contributed by atoms with Gasteiger partial charge in [0.15, 0.2) is 11.9 Å². The van der Waals surface area contributed by atoms with Crippen LogP contribution in [-0.4, -0.2) is 47.7 Å². The van der Waals surface area contributed by atoms with Crippen LogP contribution in [0.15, 0.2) is 48.5 Å². The Hall–Kier alpha value is -2.86. The highest BCUT2D eigenvalue weighted by atomic mass is 35.5. The Morgan fingerprint density at radius 1 is 1.00 bits per heavy atom. The summed E-state index contributed by atoms with van der Waals surface area (Å²) in [6.07, 6.45) is 2.21. The molecule has 1 aliphatic carbocycles. The maximum Gasteiger partial charge on any atom is 0.261 e. The number of amides is 2. The molecule has 172 valence electrons. The first-order valence-corrected chi connectivity index (χ1v) is 12.0. The Kier molecular flexibility index (Phi) is 6.11. The van der Waals surface area contributed by atoms with Crippen molar-refractivity contribution in [1.82, 2.24) is 10.2 Å². The van der Waals surface area contributed by atoms with Gasteiger partial charge in [0.1, 0.15) is 5.75 Å². The molecule has 33 heavy (non-hydrogen) atoms. The molecule has 2 aromatic carbocycles. The SMILES string of the molecule is O=C1C[C@H](C(=O)NC2CCC(C(=O)N3CC(c4ccccc4)C3)CC2)Oc2ccc(Cl)cc21. The maximum atomic E-state index is 12.9. The minimum Gasteiger partial charge on any atom is -0.479 e. The number of ether oxygens (including phenoxy) is 1. The van der Waals surface area contributed by atoms with E-state index in [0.29, 0.717) is 22.3 Å². The first-order chi connectivity index (χ1) is 16.0. The lowest BCUT2D eigenvalue weighted by molar-refractivity contribution is -0.141. The topological polar surface area (TPSA) is 75.7 Å². The molecule has 6 nitrogen and oxygen atoms in total. The van der Waals surface area contributed by atoms with Crippen molar-refractivity contribution in [2.75, 3.05) is 13.1 Å². The van der Waals surface area contributed by atoms with E-state index in [9.17, 15) is 14.4 Å². The second-order valence-electron chi connectivity index (χ2n) is 9.28. The van der Waals surface area contributed by atoms with Gasteiger partial charge >= 0.3 is 0 Å². The number of rotatable bonds is 4. The molecule has 1 saturated heterocycles. The van der Waals surface area contributed by atoms with Crippen LogP contribution in [0.25, 0.3) is 0 Å². The van der Waals surface area contributed by atoms with Crippen LogP contribution >= 0.6 is 11.6 Å². The molecule has 0 aromatic heterocycles. The van der Waals surface area contributed by atoms with Crippen LogP contribution in [0.3, 0.4) is 0 Å². The van der Waals surface area contributed by atoms with Crippen molar-refractivity contribution in [3.63, 3.8) is 0 Å². The molecular formula is C26H27ClN2O4. The summed E-state index contributed by atoms with van der Waals surface area (Å²) in [4.78, 5) is 40.0. The summed E-state index contributed by atoms with van der Waals surface area (Å²) in [5, 5.41) is 3.50. The lowest BCUT2D eigenvalue weighted by Gasteiger charge is -2.42. The minimum atomic E-state index is -0.832. The lowest BCUT2D eigenvalue weighted by Crippen LogP contribution is -2.52. The molecule has 2 fully saturated rings. The summed E-state index contributed by atoms with van der Waals surface area (Å²) in [5.74, 6) is 0.685. The van der Waals surface area contributed by atoms with Crippen LogP contribution < -0.4 is 10.1 Å². The number of halogens is 1. The van der Waals surface area contributed by atoms with Crippen molar-refractivity contribution in [3.05, 3.63) is 64.7 Å². The van der Waals surface area contributed by atoms with Gasteiger partial charge in [-0.1, -0.05) is 41.9 Å². The zero-order valence-corrected chi connectivity index (χ0v) is 19.1. The molecule has 2 aromatic rings. The number of nitrogens with zero attached hydrogens (tertiary/aromatic N) is 1. The fourth-order valence-electron chi connectivity index (χ4n) is 5.07. The molecule has 2 aliphatic heterocycles. The van der Waals surface area contributed by atoms with Gasteiger partial charge in [-0.2, -0.15) is 0 Å². The monoisotopic (exact) mass is 466 g/mol. The molecule has 0 radical (unpaired) electrons. The molecule has 2 amide bonds. The van der Waals surface area contributed by atoms with Crippen molar-refractivity contribution in [1.29, 1.82) is 0 Å². The molecule has 0 spiro atoms. The second kappa shape index (κ2) is 9.18. The Balaban J connectivity index is 1.09. The molecule has 0 unspecified atom stereocenters. The zero-order chi connectivity index (χ0) is 22.9. The third kappa shape index (κ3) is 4.62. The molecule has 2 heterocycles. The van der Waals surface area contributed by atoms with E-state index < -0.39 is 6.10 Å². The molecule has 1 saturated carbocycles. The number of nitrogens with one attached hydrogen (secondary N) is 1. The smallest absolute Gasteiger partial charge is 0.261 e. The van der Waals surface area contributed by atoms with Crippen molar-refractivity contribution < 1.29 is 19.1 Å². The van der Waals surface area contributed by atoms with E-state index in [-0.39, 0.29) is 36.0 Å². The van der Waals surface area contributed by atoms with Crippen molar-refractivity contribution in [2.45, 2.75) is 50.2 Å². The quantitative estimate of drug-likeness (QED) is 0.739. The first-order valence-electron chi connectivity index (χ1n) is 11.6. The Morgan fingerprint density at radius 3 is 2.45 bits per heavy atom. The first kappa shape index (κ1) is 22.0. The largest absolute Gasteiger partial charge is 0.479 e. The molecule has 0 bridgehead atoms. The highest BCUT2D eigenvalue weighted by Gasteiger charge is 2.38. The number of hydrogen-bond acceptors (Lipinski definition) is 4. The number of Topliss-reactive ketones (excluding diaryl/α,β-unsaturated/α-hetero) is 1. The lowest BCUT2D eigenvalue weighted by atomic mass is 9.83. The predicted molar refractivity (Wildman–Crippen MR) is 124 cm³/mol. The van der Waals surface area contributed by atoms with Crippen molar-refractivity contribution >= 4 is 29.2 Å². The average molecular weight is 467 g/mol. The number of likely N-dealkylation sites (tertiary alicyclic amines) is 1. The van der Waals surface area contributed by atoms with E-state index in [1.807, 2.05) is 23.1 Å². The fourth-order valence-corrected chi connectivity index (χ4v) is 5.25. The average Bonchev–Trinajstić information content (AvgIpc) is 2.79. The number of carbonyl (C=O) groups excluding carboxylic acids is 3. The van der Waals surface area contributed by atoms with Crippen LogP contribution in [-0.2, 0) is 9.59 Å². The molecule has 1 N–H and O–H groups in total. The number of carbonyl (C=O) groups is 3. The zero-order valence-electron chi connectivity index (χ0n) is 18.3. The van der Waals surface area contributed by atoms with Gasteiger partial charge in [-0.05, 0) is 49.4 Å². The summed E-state index contributed by atoms with van der Waals surface area (Å²) in [6, 6.07) is 15.2. The Labute approximate surface area is 198 Å². The normalized spacial score (nSPS) is 24.9. The highest BCUT2D eigenvalue weighted by molar-refractivity contribution is 6.31. The molecule has 5 rings (SSSR count). The molecule has 1 atom stereocenters. The predicted octanol–water partition coefficient (Wildman–Crippen LogP) is 3.97. The molecule has 7 heteroatoms. The van der Waals surface area contributed by atoms with Gasteiger partial charge in [0.2, 0.25) is 5.91 Å². The summed E-state index contributed by atoms with van der Waals surface area (Å²) in [7, 11) is 0. The standard InChI is InChI=1S/C26H27ClN2O4/c27-19-8-11-23-21(12-19)22(30)13-24(33-23)25(31)28-20-9-6-17(7-10-20)26(32)29-14-18(15-29)16-4-2-1-3-5-16/h1-5,8,11-12,17-18,20,24H,6-7,9-10,13-15H2,(H,28,31)/t17?,20?,24-/m1/s1. The third-order valence-electron chi connectivity index (χ3n) is 7.06. The number of ketones is 1. The van der Waals surface area contributed by atoms with Crippen LogP contribution in [0.2, 0.25) is 5.02 Å². The summed E-state index contributed by atoms with van der Waals surface area (Å²) in [5.41, 5.74) is 1.72. The number of benzene rings is 2. The van der Waals surface area contributed by atoms with Gasteiger partial charge in [-0.15, -0.1) is 0 Å². The summed E-state index contributed by atoms with van der Waals surface area (Å²) >= 11 is 5.96. The van der Waals surface area contributed by atoms with E-state index in [4.69, 9.17) is 16.3 Å². The van der Waals surface area contributed by atoms with Crippen molar-refractivity contribution in [2.24, 2.45) is 5.92 Å². The van der Waals surface area contributed by atoms with Crippen LogP contribution in [0, 0.1) is 5.92 Å². The summed E-state index contributed by atoms with van der Waals surface area (Å²) in [6.45, 7) is 1.58. The number of fused-ring (bicyclic) bond motifs is 1. The van der Waals surface area contributed by atoms with E-state index in [0.717, 1.165) is 38.8 Å². The molecule has 3 aliphatic rings. The van der Waals surface area contributed by atoms with Gasteiger partial charge in [-0.3, -0.25) is 14.4 Å². The van der Waals surface area contributed by atoms with E-state index in [1.54, 1.807) is 18.2 Å². The van der Waals surface area contributed by atoms with Gasteiger partial charge < -0.3 is 15.0 Å². The van der Waals surface area contributed by atoms with E-state index in [1.165, 1.54) is 5.56 Å². The third-order valence-corrected chi connectivity index (χ3v) is 7.30. The minimum absolute atomic E-state index is 0.000301. The summed E-state index contributed by atoms with van der Waals surface area (Å²) < 4.78 is 5.77. The van der Waals surface area contributed by atoms with E-state index >= 15 is 0 Å². The van der Waals surface area contributed by atoms with Crippen LogP contribution in [0.4, 0.5) is 0 Å². The van der Waals surface area contributed by atoms with Gasteiger partial charge in [0.05, 0.1) is 12.0 Å². The highest BCUT2D eigenvalue weighted by Crippen LogP contribution is 2.33.